The molecule has 0 bridgehead atoms. The predicted molar refractivity (Wildman–Crippen MR) is 119 cm³/mol. The van der Waals surface area contributed by atoms with Crippen molar-refractivity contribution >= 4 is 11.9 Å². The predicted octanol–water partition coefficient (Wildman–Crippen LogP) is 4.28. The first-order chi connectivity index (χ1) is 15.1. The van der Waals surface area contributed by atoms with Crippen LogP contribution >= 0.6 is 0 Å². The lowest BCUT2D eigenvalue weighted by molar-refractivity contribution is 0.0691. The molecule has 5 rings (SSSR count). The van der Waals surface area contributed by atoms with Gasteiger partial charge >= 0.3 is 5.97 Å². The van der Waals surface area contributed by atoms with Gasteiger partial charge in [-0.1, -0.05) is 48.5 Å². The van der Waals surface area contributed by atoms with Crippen LogP contribution in [0.5, 0.6) is 0 Å². The Morgan fingerprint density at radius 3 is 2.45 bits per heavy atom. The Labute approximate surface area is 181 Å². The Morgan fingerprint density at radius 1 is 0.968 bits per heavy atom. The van der Waals surface area contributed by atoms with Crippen molar-refractivity contribution in [3.8, 4) is 11.1 Å². The number of amides is 1. The number of hydrogen-bond donors (Lipinski definition) is 1. The molecule has 5 heteroatoms. The Hall–Kier alpha value is -3.44. The highest BCUT2D eigenvalue weighted by Crippen LogP contribution is 2.32. The second kappa shape index (κ2) is 8.00. The van der Waals surface area contributed by atoms with E-state index in [0.717, 1.165) is 48.3 Å². The van der Waals surface area contributed by atoms with Crippen LogP contribution in [0.25, 0.3) is 11.1 Å². The van der Waals surface area contributed by atoms with Gasteiger partial charge in [0.05, 0.1) is 5.56 Å². The van der Waals surface area contributed by atoms with Gasteiger partial charge in [-0.25, -0.2) is 4.79 Å². The lowest BCUT2D eigenvalue weighted by atomic mass is 9.99. The van der Waals surface area contributed by atoms with E-state index in [-0.39, 0.29) is 17.5 Å². The minimum absolute atomic E-state index is 0.120. The van der Waals surface area contributed by atoms with Gasteiger partial charge in [-0.15, -0.1) is 0 Å². The van der Waals surface area contributed by atoms with Crippen LogP contribution in [-0.4, -0.2) is 45.9 Å². The number of benzene rings is 3. The average molecular weight is 412 g/mol. The summed E-state index contributed by atoms with van der Waals surface area (Å²) in [5.41, 5.74) is 5.36. The molecule has 3 aromatic carbocycles. The van der Waals surface area contributed by atoms with Crippen molar-refractivity contribution in [1.82, 2.24) is 9.80 Å². The molecular weight excluding hydrogens is 388 g/mol. The van der Waals surface area contributed by atoms with Crippen LogP contribution in [0.2, 0.25) is 0 Å². The zero-order valence-corrected chi connectivity index (χ0v) is 17.2. The van der Waals surface area contributed by atoms with E-state index in [1.54, 1.807) is 12.1 Å². The van der Waals surface area contributed by atoms with Crippen molar-refractivity contribution in [2.75, 3.05) is 13.1 Å². The summed E-state index contributed by atoms with van der Waals surface area (Å²) in [7, 11) is 0. The van der Waals surface area contributed by atoms with E-state index >= 15 is 0 Å². The maximum Gasteiger partial charge on any atom is 0.335 e. The topological polar surface area (TPSA) is 60.9 Å². The van der Waals surface area contributed by atoms with Gasteiger partial charge in [0, 0.05) is 37.8 Å². The molecule has 5 nitrogen and oxygen atoms in total. The first kappa shape index (κ1) is 19.5. The number of carboxylic acids is 1. The van der Waals surface area contributed by atoms with Crippen LogP contribution in [-0.2, 0) is 13.1 Å². The summed E-state index contributed by atoms with van der Waals surface area (Å²) in [6.45, 7) is 3.46. The van der Waals surface area contributed by atoms with E-state index in [4.69, 9.17) is 5.11 Å². The molecule has 0 aromatic heterocycles. The number of aromatic carboxylic acids is 1. The molecule has 3 aromatic rings. The fourth-order valence-corrected chi connectivity index (χ4v) is 4.67. The third kappa shape index (κ3) is 3.84. The zero-order chi connectivity index (χ0) is 21.4. The first-order valence-electron chi connectivity index (χ1n) is 10.6. The normalized spacial score (nSPS) is 18.4. The van der Waals surface area contributed by atoms with Crippen LogP contribution in [0.1, 0.15) is 38.3 Å². The molecule has 1 fully saturated rings. The van der Waals surface area contributed by atoms with Crippen LogP contribution in [0.3, 0.4) is 0 Å². The van der Waals surface area contributed by atoms with Crippen molar-refractivity contribution in [1.29, 1.82) is 0 Å². The summed E-state index contributed by atoms with van der Waals surface area (Å²) < 4.78 is 0. The van der Waals surface area contributed by atoms with Crippen LogP contribution in [0.15, 0.2) is 72.8 Å². The Bertz CT molecular complexity index is 1130. The molecule has 1 amide bonds. The molecule has 1 unspecified atom stereocenters. The number of hydrogen-bond acceptors (Lipinski definition) is 3. The number of fused-ring (bicyclic) bond motifs is 1. The van der Waals surface area contributed by atoms with Gasteiger partial charge in [-0.05, 0) is 52.9 Å². The summed E-state index contributed by atoms with van der Waals surface area (Å²) >= 11 is 0. The van der Waals surface area contributed by atoms with Crippen molar-refractivity contribution in [3.63, 3.8) is 0 Å². The van der Waals surface area contributed by atoms with Gasteiger partial charge in [-0.3, -0.25) is 9.69 Å². The van der Waals surface area contributed by atoms with Crippen molar-refractivity contribution < 1.29 is 14.7 Å². The maximum absolute atomic E-state index is 13.1. The van der Waals surface area contributed by atoms with E-state index in [1.807, 2.05) is 35.2 Å². The molecule has 2 heterocycles. The standard InChI is InChI=1S/C26H24N2O3/c29-25-24-11-10-21(19-6-8-20(9-7-19)26(30)31)14-22(24)16-28(25)23-12-13-27(17-23)15-18-4-2-1-3-5-18/h1-11,14,23H,12-13,15-17H2,(H,30,31). The van der Waals surface area contributed by atoms with Crippen molar-refractivity contribution in [2.24, 2.45) is 0 Å². The lowest BCUT2D eigenvalue weighted by Gasteiger charge is -2.24. The number of likely N-dealkylation sites (tertiary alicyclic amines) is 1. The van der Waals surface area contributed by atoms with Gasteiger partial charge in [0.15, 0.2) is 0 Å². The third-order valence-electron chi connectivity index (χ3n) is 6.34. The quantitative estimate of drug-likeness (QED) is 0.679. The Morgan fingerprint density at radius 2 is 1.71 bits per heavy atom. The highest BCUT2D eigenvalue weighted by molar-refractivity contribution is 5.99. The summed E-state index contributed by atoms with van der Waals surface area (Å²) in [6.07, 6.45) is 0.996. The van der Waals surface area contributed by atoms with E-state index < -0.39 is 5.97 Å². The molecule has 0 spiro atoms. The van der Waals surface area contributed by atoms with Crippen molar-refractivity contribution in [2.45, 2.75) is 25.6 Å². The largest absolute Gasteiger partial charge is 0.478 e. The fourth-order valence-electron chi connectivity index (χ4n) is 4.67. The average Bonchev–Trinajstić information content (AvgIpc) is 3.38. The highest BCUT2D eigenvalue weighted by atomic mass is 16.4. The summed E-state index contributed by atoms with van der Waals surface area (Å²) in [6, 6.07) is 23.5. The second-order valence-corrected chi connectivity index (χ2v) is 8.35. The van der Waals surface area contributed by atoms with Crippen LogP contribution in [0.4, 0.5) is 0 Å². The number of carbonyl (C=O) groups excluding carboxylic acids is 1. The smallest absolute Gasteiger partial charge is 0.335 e. The van der Waals surface area contributed by atoms with E-state index in [1.165, 1.54) is 5.56 Å². The van der Waals surface area contributed by atoms with Gasteiger partial charge in [0.2, 0.25) is 0 Å². The zero-order valence-electron chi connectivity index (χ0n) is 17.2. The summed E-state index contributed by atoms with van der Waals surface area (Å²) in [4.78, 5) is 28.6. The second-order valence-electron chi connectivity index (χ2n) is 8.35. The molecule has 0 aliphatic carbocycles. The fraction of sp³-hybridized carbons (Fsp3) is 0.231. The number of carbonyl (C=O) groups is 2. The van der Waals surface area contributed by atoms with Gasteiger partial charge in [0.1, 0.15) is 0 Å². The molecule has 1 atom stereocenters. The van der Waals surface area contributed by atoms with E-state index in [9.17, 15) is 9.59 Å². The van der Waals surface area contributed by atoms with Crippen LogP contribution < -0.4 is 0 Å². The molecule has 2 aliphatic heterocycles. The minimum atomic E-state index is -0.931. The molecule has 156 valence electrons. The summed E-state index contributed by atoms with van der Waals surface area (Å²) in [5.74, 6) is -0.811. The first-order valence-corrected chi connectivity index (χ1v) is 10.6. The molecule has 31 heavy (non-hydrogen) atoms. The monoisotopic (exact) mass is 412 g/mol. The number of carboxylic acid groups (broad SMARTS) is 1. The van der Waals surface area contributed by atoms with E-state index in [0.29, 0.717) is 6.54 Å². The maximum atomic E-state index is 13.1. The Balaban J connectivity index is 1.29. The van der Waals surface area contributed by atoms with Gasteiger partial charge < -0.3 is 10.0 Å². The molecule has 1 N–H and O–H groups in total. The SMILES string of the molecule is O=C(O)c1ccc(-c2ccc3c(c2)CN(C2CCN(Cc4ccccc4)C2)C3=O)cc1. The number of rotatable bonds is 5. The number of nitrogens with zero attached hydrogens (tertiary/aromatic N) is 2. The molecule has 2 aliphatic rings. The minimum Gasteiger partial charge on any atom is -0.478 e. The molecule has 1 saturated heterocycles. The molecular formula is C26H24N2O3. The van der Waals surface area contributed by atoms with Crippen LogP contribution in [0, 0.1) is 0 Å². The Kier molecular flexibility index (Phi) is 5.04. The summed E-state index contributed by atoms with van der Waals surface area (Å²) in [5, 5.41) is 9.09. The van der Waals surface area contributed by atoms with Gasteiger partial charge in [-0.2, -0.15) is 0 Å². The van der Waals surface area contributed by atoms with E-state index in [2.05, 4.69) is 35.2 Å². The third-order valence-corrected chi connectivity index (χ3v) is 6.34. The molecule has 0 radical (unpaired) electrons. The molecule has 0 saturated carbocycles. The highest BCUT2D eigenvalue weighted by Gasteiger charge is 2.36. The van der Waals surface area contributed by atoms with Gasteiger partial charge in [0.25, 0.3) is 5.91 Å². The van der Waals surface area contributed by atoms with Crippen molar-refractivity contribution in [3.05, 3.63) is 95.1 Å². The lowest BCUT2D eigenvalue weighted by Crippen LogP contribution is -2.37.